The van der Waals surface area contributed by atoms with Crippen LogP contribution in [0.2, 0.25) is 5.28 Å². The molecule has 5 heteroatoms. The van der Waals surface area contributed by atoms with Crippen LogP contribution >= 0.6 is 22.9 Å². The van der Waals surface area contributed by atoms with E-state index in [2.05, 4.69) is 28.3 Å². The topological polar surface area (TPSA) is 37.8 Å². The van der Waals surface area contributed by atoms with Crippen LogP contribution in [0.25, 0.3) is 10.2 Å². The predicted octanol–water partition coefficient (Wildman–Crippen LogP) is 3.34. The summed E-state index contributed by atoms with van der Waals surface area (Å²) in [5.41, 5.74) is 0. The van der Waals surface area contributed by atoms with E-state index in [-0.39, 0.29) is 0 Å². The number of thiophene rings is 1. The first-order valence-electron chi connectivity index (χ1n) is 4.94. The number of rotatable bonds is 3. The lowest BCUT2D eigenvalue weighted by atomic mass is 10.3. The third kappa shape index (κ3) is 2.06. The zero-order valence-electron chi connectivity index (χ0n) is 8.67. The standard InChI is InChI=1S/C10H12ClN3S/c1-3-6-5-7-8(12-4-2)13-10(11)14-9(7)15-6/h5H,3-4H2,1-2H3,(H,12,13,14). The highest BCUT2D eigenvalue weighted by molar-refractivity contribution is 7.18. The molecule has 0 radical (unpaired) electrons. The van der Waals surface area contributed by atoms with Gasteiger partial charge in [-0.3, -0.25) is 0 Å². The molecule has 0 atom stereocenters. The lowest BCUT2D eigenvalue weighted by Crippen LogP contribution is -2.00. The van der Waals surface area contributed by atoms with Gasteiger partial charge in [-0.05, 0) is 31.0 Å². The van der Waals surface area contributed by atoms with E-state index in [0.29, 0.717) is 5.28 Å². The van der Waals surface area contributed by atoms with Crippen LogP contribution < -0.4 is 5.32 Å². The average molecular weight is 242 g/mol. The van der Waals surface area contributed by atoms with E-state index in [4.69, 9.17) is 11.6 Å². The first kappa shape index (κ1) is 10.6. The van der Waals surface area contributed by atoms with Crippen molar-refractivity contribution in [2.45, 2.75) is 20.3 Å². The summed E-state index contributed by atoms with van der Waals surface area (Å²) in [7, 11) is 0. The van der Waals surface area contributed by atoms with Gasteiger partial charge in [-0.2, -0.15) is 0 Å². The van der Waals surface area contributed by atoms with Crippen LogP contribution in [-0.2, 0) is 6.42 Å². The fraction of sp³-hybridized carbons (Fsp3) is 0.400. The molecule has 2 heterocycles. The average Bonchev–Trinajstić information content (AvgIpc) is 2.61. The van der Waals surface area contributed by atoms with Crippen molar-refractivity contribution >= 4 is 39.0 Å². The summed E-state index contributed by atoms with van der Waals surface area (Å²) in [6.07, 6.45) is 1.02. The molecule has 0 aromatic carbocycles. The van der Waals surface area contributed by atoms with E-state index < -0.39 is 0 Å². The van der Waals surface area contributed by atoms with Crippen molar-refractivity contribution in [3.63, 3.8) is 0 Å². The van der Waals surface area contributed by atoms with Gasteiger partial charge in [0, 0.05) is 11.4 Å². The normalized spacial score (nSPS) is 10.9. The highest BCUT2D eigenvalue weighted by atomic mass is 35.5. The van der Waals surface area contributed by atoms with Crippen LogP contribution in [0.4, 0.5) is 5.82 Å². The Balaban J connectivity index is 2.61. The second kappa shape index (κ2) is 4.33. The zero-order valence-corrected chi connectivity index (χ0v) is 10.2. The first-order valence-corrected chi connectivity index (χ1v) is 6.13. The van der Waals surface area contributed by atoms with Crippen LogP contribution in [0.15, 0.2) is 6.07 Å². The number of aryl methyl sites for hydroxylation is 1. The third-order valence-corrected chi connectivity index (χ3v) is 3.45. The number of fused-ring (bicyclic) bond motifs is 1. The summed E-state index contributed by atoms with van der Waals surface area (Å²) in [6, 6.07) is 2.13. The molecule has 0 aliphatic heterocycles. The number of aromatic nitrogens is 2. The molecule has 0 aliphatic rings. The first-order chi connectivity index (χ1) is 7.24. The minimum absolute atomic E-state index is 0.308. The molecule has 3 nitrogen and oxygen atoms in total. The SMILES string of the molecule is CCNc1nc(Cl)nc2sc(CC)cc12. The van der Waals surface area contributed by atoms with Crippen LogP contribution in [0.3, 0.4) is 0 Å². The smallest absolute Gasteiger partial charge is 0.225 e. The van der Waals surface area contributed by atoms with Gasteiger partial charge < -0.3 is 5.32 Å². The Labute approximate surface area is 97.5 Å². The lowest BCUT2D eigenvalue weighted by Gasteiger charge is -2.02. The van der Waals surface area contributed by atoms with E-state index in [9.17, 15) is 0 Å². The van der Waals surface area contributed by atoms with Crippen molar-refractivity contribution in [2.24, 2.45) is 0 Å². The zero-order chi connectivity index (χ0) is 10.8. The molecule has 0 saturated carbocycles. The molecule has 0 saturated heterocycles. The van der Waals surface area contributed by atoms with E-state index >= 15 is 0 Å². The summed E-state index contributed by atoms with van der Waals surface area (Å²) in [5, 5.41) is 4.58. The van der Waals surface area contributed by atoms with Crippen molar-refractivity contribution in [1.29, 1.82) is 0 Å². The van der Waals surface area contributed by atoms with Crippen molar-refractivity contribution in [2.75, 3.05) is 11.9 Å². The molecule has 2 aromatic heterocycles. The van der Waals surface area contributed by atoms with Crippen LogP contribution in [0, 0.1) is 0 Å². The Kier molecular flexibility index (Phi) is 3.07. The number of nitrogens with one attached hydrogen (secondary N) is 1. The van der Waals surface area contributed by atoms with E-state index in [1.165, 1.54) is 4.88 Å². The Morgan fingerprint density at radius 3 is 2.87 bits per heavy atom. The summed E-state index contributed by atoms with van der Waals surface area (Å²) in [5.74, 6) is 0.837. The largest absolute Gasteiger partial charge is 0.370 e. The van der Waals surface area contributed by atoms with Crippen LogP contribution in [0.1, 0.15) is 18.7 Å². The monoisotopic (exact) mass is 241 g/mol. The Morgan fingerprint density at radius 2 is 2.20 bits per heavy atom. The lowest BCUT2D eigenvalue weighted by molar-refractivity contribution is 1.14. The second-order valence-corrected chi connectivity index (χ2v) is 4.61. The minimum atomic E-state index is 0.308. The highest BCUT2D eigenvalue weighted by Crippen LogP contribution is 2.30. The molecule has 15 heavy (non-hydrogen) atoms. The molecular weight excluding hydrogens is 230 g/mol. The maximum absolute atomic E-state index is 5.86. The third-order valence-electron chi connectivity index (χ3n) is 2.11. The summed E-state index contributed by atoms with van der Waals surface area (Å²) in [6.45, 7) is 5.00. The Morgan fingerprint density at radius 1 is 1.40 bits per heavy atom. The number of halogens is 1. The summed E-state index contributed by atoms with van der Waals surface area (Å²) < 4.78 is 0. The van der Waals surface area contributed by atoms with E-state index in [1.807, 2.05) is 6.92 Å². The molecule has 0 spiro atoms. The molecule has 2 rings (SSSR count). The molecule has 1 N–H and O–H groups in total. The Bertz CT molecular complexity index is 481. The molecule has 0 fully saturated rings. The maximum Gasteiger partial charge on any atom is 0.225 e. The molecular formula is C10H12ClN3S. The van der Waals surface area contributed by atoms with E-state index in [1.54, 1.807) is 11.3 Å². The van der Waals surface area contributed by atoms with Gasteiger partial charge in [-0.15, -0.1) is 11.3 Å². The molecule has 80 valence electrons. The van der Waals surface area contributed by atoms with Crippen LogP contribution in [0.5, 0.6) is 0 Å². The fourth-order valence-electron chi connectivity index (χ4n) is 1.42. The van der Waals surface area contributed by atoms with Gasteiger partial charge in [0.2, 0.25) is 5.28 Å². The van der Waals surface area contributed by atoms with Gasteiger partial charge in [-0.25, -0.2) is 9.97 Å². The van der Waals surface area contributed by atoms with Gasteiger partial charge in [0.05, 0.1) is 5.39 Å². The van der Waals surface area contributed by atoms with Crippen molar-refractivity contribution in [3.8, 4) is 0 Å². The number of nitrogens with zero attached hydrogens (tertiary/aromatic N) is 2. The molecule has 0 aliphatic carbocycles. The van der Waals surface area contributed by atoms with Crippen LogP contribution in [-0.4, -0.2) is 16.5 Å². The molecule has 0 bridgehead atoms. The number of hydrogen-bond donors (Lipinski definition) is 1. The number of anilines is 1. The van der Waals surface area contributed by atoms with Gasteiger partial charge in [0.25, 0.3) is 0 Å². The summed E-state index contributed by atoms with van der Waals surface area (Å²) >= 11 is 7.53. The molecule has 2 aromatic rings. The van der Waals surface area contributed by atoms with Gasteiger partial charge in [-0.1, -0.05) is 6.92 Å². The van der Waals surface area contributed by atoms with Gasteiger partial charge >= 0.3 is 0 Å². The maximum atomic E-state index is 5.86. The van der Waals surface area contributed by atoms with Crippen molar-refractivity contribution in [1.82, 2.24) is 9.97 Å². The summed E-state index contributed by atoms with van der Waals surface area (Å²) in [4.78, 5) is 10.7. The highest BCUT2D eigenvalue weighted by Gasteiger charge is 2.09. The van der Waals surface area contributed by atoms with Gasteiger partial charge in [0.15, 0.2) is 0 Å². The predicted molar refractivity (Wildman–Crippen MR) is 66.0 cm³/mol. The fourth-order valence-corrected chi connectivity index (χ4v) is 2.61. The minimum Gasteiger partial charge on any atom is -0.370 e. The number of hydrogen-bond acceptors (Lipinski definition) is 4. The molecule has 0 unspecified atom stereocenters. The Hall–Kier alpha value is -0.870. The van der Waals surface area contributed by atoms with Crippen molar-refractivity contribution < 1.29 is 0 Å². The van der Waals surface area contributed by atoms with E-state index in [0.717, 1.165) is 29.0 Å². The van der Waals surface area contributed by atoms with Gasteiger partial charge in [0.1, 0.15) is 10.6 Å². The quantitative estimate of drug-likeness (QED) is 0.838. The molecule has 0 amide bonds. The van der Waals surface area contributed by atoms with Crippen molar-refractivity contribution in [3.05, 3.63) is 16.2 Å². The second-order valence-electron chi connectivity index (χ2n) is 3.16.